The number of hydrogen-bond acceptors (Lipinski definition) is 12. The van der Waals surface area contributed by atoms with Gasteiger partial charge in [0.1, 0.15) is 28.8 Å². The summed E-state index contributed by atoms with van der Waals surface area (Å²) in [6.07, 6.45) is 6.70. The monoisotopic (exact) mass is 585 g/mol. The first kappa shape index (κ1) is 25.9. The van der Waals surface area contributed by atoms with E-state index < -0.39 is 0 Å². The summed E-state index contributed by atoms with van der Waals surface area (Å²) in [4.78, 5) is 30.4. The zero-order valence-electron chi connectivity index (χ0n) is 24.8. The highest BCUT2D eigenvalue weighted by molar-refractivity contribution is 5.83. The molecule has 1 aliphatic rings. The average Bonchev–Trinajstić information content (AvgIpc) is 3.61. The summed E-state index contributed by atoms with van der Waals surface area (Å²) in [5.41, 5.74) is 10.8. The first-order chi connectivity index (χ1) is 21.9. The van der Waals surface area contributed by atoms with E-state index in [1.54, 1.807) is 37.8 Å². The van der Waals surface area contributed by atoms with Gasteiger partial charge in [0.15, 0.2) is 17.3 Å². The number of piperidine rings is 1. The molecule has 44 heavy (non-hydrogen) atoms. The molecule has 0 radical (unpaired) electrons. The number of aromatic nitrogens is 10. The van der Waals surface area contributed by atoms with Crippen LogP contribution in [0.1, 0.15) is 25.6 Å². The van der Waals surface area contributed by atoms with Crippen LogP contribution in [-0.2, 0) is 13.6 Å². The zero-order valence-corrected chi connectivity index (χ0v) is 23.8. The summed E-state index contributed by atoms with van der Waals surface area (Å²) in [7, 11) is 1.67. The molecule has 1 aromatic carbocycles. The number of aryl methyl sites for hydroxylation is 1. The van der Waals surface area contributed by atoms with Crippen molar-refractivity contribution in [3.05, 3.63) is 78.6 Å². The van der Waals surface area contributed by atoms with Gasteiger partial charge in [-0.3, -0.25) is 9.47 Å². The number of fused-ring (bicyclic) bond motifs is 1. The summed E-state index contributed by atoms with van der Waals surface area (Å²) in [6.45, 7) is 2.69. The van der Waals surface area contributed by atoms with Crippen molar-refractivity contribution >= 4 is 22.8 Å². The molecule has 7 rings (SSSR count). The summed E-state index contributed by atoms with van der Waals surface area (Å²) in [6, 6.07) is 16.0. The number of hydrogen-bond donors (Lipinski definition) is 2. The fraction of sp³-hybridized carbons (Fsp3) is 0.233. The van der Waals surface area contributed by atoms with Gasteiger partial charge in [-0.05, 0) is 48.7 Å². The molecule has 0 saturated carbocycles. The Morgan fingerprint density at radius 1 is 0.977 bits per heavy atom. The minimum absolute atomic E-state index is 0.0418. The second-order valence-electron chi connectivity index (χ2n) is 10.5. The lowest BCUT2D eigenvalue weighted by molar-refractivity contribution is 0.211. The molecule has 0 atom stereocenters. The summed E-state index contributed by atoms with van der Waals surface area (Å²) >= 11 is 0. The van der Waals surface area contributed by atoms with E-state index in [4.69, 9.17) is 22.3 Å². The molecule has 6 heterocycles. The van der Waals surface area contributed by atoms with E-state index in [1.807, 2.05) is 28.8 Å². The molecule has 0 unspecified atom stereocenters. The predicted molar refractivity (Wildman–Crippen MR) is 163 cm³/mol. The number of likely N-dealkylation sites (tertiary alicyclic amines) is 1. The number of nitriles is 1. The lowest BCUT2D eigenvalue weighted by Gasteiger charge is -2.32. The zero-order chi connectivity index (χ0) is 30.9. The second-order valence-corrected chi connectivity index (χ2v) is 10.5. The van der Waals surface area contributed by atoms with Crippen LogP contribution in [0.4, 0.5) is 11.6 Å². The molecule has 0 bridgehead atoms. The van der Waals surface area contributed by atoms with Crippen molar-refractivity contribution < 1.29 is 1.37 Å². The van der Waals surface area contributed by atoms with Crippen LogP contribution < -0.4 is 11.1 Å². The van der Waals surface area contributed by atoms with Crippen LogP contribution in [0.2, 0.25) is 0 Å². The highest BCUT2D eigenvalue weighted by Gasteiger charge is 2.22. The number of nitrogen functional groups attached to an aromatic ring is 1. The summed E-state index contributed by atoms with van der Waals surface area (Å²) < 4.78 is 10.1. The van der Waals surface area contributed by atoms with Crippen LogP contribution in [0, 0.1) is 11.3 Å². The van der Waals surface area contributed by atoms with Crippen LogP contribution >= 0.6 is 0 Å². The van der Waals surface area contributed by atoms with Gasteiger partial charge in [-0.15, -0.1) is 0 Å². The van der Waals surface area contributed by atoms with Crippen molar-refractivity contribution in [2.24, 2.45) is 7.05 Å². The number of benzene rings is 1. The van der Waals surface area contributed by atoms with Crippen molar-refractivity contribution in [1.82, 2.24) is 54.4 Å². The van der Waals surface area contributed by atoms with Gasteiger partial charge in [-0.25, -0.2) is 29.9 Å². The van der Waals surface area contributed by atoms with Gasteiger partial charge in [-0.2, -0.15) is 20.3 Å². The fourth-order valence-corrected chi connectivity index (χ4v) is 5.38. The maximum Gasteiger partial charge on any atom is 0.234 e. The molecule has 6 aromatic rings. The highest BCUT2D eigenvalue weighted by Crippen LogP contribution is 2.30. The third-order valence-corrected chi connectivity index (χ3v) is 7.53. The Morgan fingerprint density at radius 2 is 1.80 bits per heavy atom. The van der Waals surface area contributed by atoms with Crippen LogP contribution in [0.3, 0.4) is 0 Å². The standard InChI is InChI=1S/C30H28N14/c1-42-36-17-24(41-42)22-6-7-23-29(38-22)44(30(39-23)27-28(32)35-13-12-34-27)21-4-2-19(3-5-21)18-43-14-9-20(10-15-43)37-25-8-11-33-26(16-31)40-25/h2-8,11-13,17,20H,9-10,14-15,18H2,1H3,(H2,32,35)(H,33,37,40)/i17D. The molecule has 0 spiro atoms. The smallest absolute Gasteiger partial charge is 0.234 e. The molecule has 1 fully saturated rings. The number of pyridine rings is 1. The van der Waals surface area contributed by atoms with E-state index >= 15 is 0 Å². The average molecular weight is 586 g/mol. The molecule has 1 saturated heterocycles. The van der Waals surface area contributed by atoms with Crippen molar-refractivity contribution in [3.8, 4) is 34.7 Å². The molecule has 0 amide bonds. The number of nitrogens with two attached hydrogens (primary N) is 1. The number of imidazole rings is 1. The highest BCUT2D eigenvalue weighted by atomic mass is 15.4. The van der Waals surface area contributed by atoms with Crippen LogP contribution in [0.15, 0.2) is 67.2 Å². The van der Waals surface area contributed by atoms with E-state index in [0.29, 0.717) is 39.9 Å². The molecule has 1 aliphatic heterocycles. The van der Waals surface area contributed by atoms with Crippen LogP contribution in [0.25, 0.3) is 39.8 Å². The Labute approximate surface area is 253 Å². The van der Waals surface area contributed by atoms with Gasteiger partial charge in [-0.1, -0.05) is 12.1 Å². The Hall–Kier alpha value is -5.81. The van der Waals surface area contributed by atoms with E-state index in [2.05, 4.69) is 52.5 Å². The van der Waals surface area contributed by atoms with Crippen LogP contribution in [0.5, 0.6) is 0 Å². The van der Waals surface area contributed by atoms with Crippen LogP contribution in [-0.4, -0.2) is 73.5 Å². The molecular weight excluding hydrogens is 556 g/mol. The Balaban J connectivity index is 1.14. The maximum absolute atomic E-state index is 9.06. The quantitative estimate of drug-likeness (QED) is 0.280. The van der Waals surface area contributed by atoms with Gasteiger partial charge < -0.3 is 11.1 Å². The molecule has 14 nitrogen and oxygen atoms in total. The topological polar surface area (TPSA) is 178 Å². The molecule has 5 aromatic heterocycles. The maximum atomic E-state index is 9.06. The van der Waals surface area contributed by atoms with Crippen molar-refractivity contribution in [2.75, 3.05) is 24.1 Å². The predicted octanol–water partition coefficient (Wildman–Crippen LogP) is 2.99. The molecule has 14 heteroatoms. The van der Waals surface area contributed by atoms with Gasteiger partial charge in [0, 0.05) is 57.0 Å². The second kappa shape index (κ2) is 11.5. The minimum Gasteiger partial charge on any atom is -0.382 e. The normalized spacial score (nSPS) is 14.4. The Kier molecular flexibility index (Phi) is 6.74. The van der Waals surface area contributed by atoms with E-state index in [9.17, 15) is 0 Å². The first-order valence-electron chi connectivity index (χ1n) is 14.6. The summed E-state index contributed by atoms with van der Waals surface area (Å²) in [5.74, 6) is 1.62. The number of anilines is 2. The van der Waals surface area contributed by atoms with Crippen molar-refractivity contribution in [2.45, 2.75) is 25.4 Å². The minimum atomic E-state index is 0.0418. The van der Waals surface area contributed by atoms with Gasteiger partial charge >= 0.3 is 0 Å². The van der Waals surface area contributed by atoms with Gasteiger partial charge in [0.2, 0.25) is 5.82 Å². The van der Waals surface area contributed by atoms with Crippen molar-refractivity contribution in [1.29, 1.82) is 5.26 Å². The molecule has 218 valence electrons. The lowest BCUT2D eigenvalue weighted by Crippen LogP contribution is -2.38. The Morgan fingerprint density at radius 3 is 2.55 bits per heavy atom. The van der Waals surface area contributed by atoms with Crippen molar-refractivity contribution in [3.63, 3.8) is 0 Å². The third kappa shape index (κ3) is 5.39. The number of nitrogens with zero attached hydrogens (tertiary/aromatic N) is 12. The molecule has 0 aliphatic carbocycles. The fourth-order valence-electron chi connectivity index (χ4n) is 5.38. The lowest BCUT2D eigenvalue weighted by atomic mass is 10.0. The van der Waals surface area contributed by atoms with Gasteiger partial charge in [0.05, 0.1) is 13.2 Å². The number of nitrogens with one attached hydrogen (secondary N) is 1. The molecule has 3 N–H and O–H groups in total. The van der Waals surface area contributed by atoms with E-state index in [1.165, 1.54) is 10.4 Å². The van der Waals surface area contributed by atoms with E-state index in [-0.39, 0.29) is 23.9 Å². The third-order valence-electron chi connectivity index (χ3n) is 7.53. The number of rotatable bonds is 7. The van der Waals surface area contributed by atoms with Gasteiger partial charge in [0.25, 0.3) is 0 Å². The molecular formula is C30H28N14. The SMILES string of the molecule is [2H]c1nn(C)nc1-c1ccc2nc(-c3nccnc3N)n(-c3ccc(CN4CCC(Nc5ccnc(C#N)n5)CC4)cc3)c2n1. The largest absolute Gasteiger partial charge is 0.382 e. The first-order valence-corrected chi connectivity index (χ1v) is 14.1. The Bertz CT molecular complexity index is 2040. The van der Waals surface area contributed by atoms with E-state index in [0.717, 1.165) is 38.2 Å². The summed E-state index contributed by atoms with van der Waals surface area (Å²) in [5, 5.41) is 20.9.